The van der Waals surface area contributed by atoms with Gasteiger partial charge in [-0.1, -0.05) is 12.1 Å². The molecule has 0 aliphatic carbocycles. The van der Waals surface area contributed by atoms with Gasteiger partial charge in [-0.2, -0.15) is 0 Å². The number of rotatable bonds is 4. The van der Waals surface area contributed by atoms with Crippen LogP contribution < -0.4 is 5.32 Å². The van der Waals surface area contributed by atoms with Crippen LogP contribution in [-0.4, -0.2) is 24.9 Å². The second-order valence-electron chi connectivity index (χ2n) is 4.88. The van der Waals surface area contributed by atoms with Gasteiger partial charge in [0.2, 0.25) is 0 Å². The Hall–Kier alpha value is -2.43. The lowest BCUT2D eigenvalue weighted by molar-refractivity contribution is 0.0828. The second kappa shape index (κ2) is 6.35. The van der Waals surface area contributed by atoms with Gasteiger partial charge in [-0.3, -0.25) is 4.79 Å². The lowest BCUT2D eigenvalue weighted by Crippen LogP contribution is -2.22. The Bertz CT molecular complexity index is 636. The summed E-state index contributed by atoms with van der Waals surface area (Å²) in [5.74, 6) is -1.38. The molecule has 1 amide bonds. The number of para-hydroxylation sites is 1. The van der Waals surface area contributed by atoms with Crippen molar-refractivity contribution in [2.45, 2.75) is 6.54 Å². The Morgan fingerprint density at radius 3 is 2.33 bits per heavy atom. The van der Waals surface area contributed by atoms with Crippen LogP contribution in [0.15, 0.2) is 42.5 Å². The summed E-state index contributed by atoms with van der Waals surface area (Å²) in [4.78, 5) is 13.5. The van der Waals surface area contributed by atoms with Gasteiger partial charge < -0.3 is 10.2 Å². The van der Waals surface area contributed by atoms with E-state index in [2.05, 4.69) is 5.32 Å². The van der Waals surface area contributed by atoms with Crippen LogP contribution in [0.5, 0.6) is 0 Å². The van der Waals surface area contributed by atoms with Crippen LogP contribution in [-0.2, 0) is 6.54 Å². The number of anilines is 1. The number of carbonyl (C=O) groups excluding carboxylic acids is 1. The highest BCUT2D eigenvalue weighted by molar-refractivity contribution is 5.99. The van der Waals surface area contributed by atoms with Crippen molar-refractivity contribution in [2.75, 3.05) is 19.4 Å². The van der Waals surface area contributed by atoms with Crippen LogP contribution in [0.2, 0.25) is 0 Å². The van der Waals surface area contributed by atoms with E-state index < -0.39 is 11.6 Å². The molecule has 0 radical (unpaired) electrons. The maximum atomic E-state index is 13.1. The molecule has 0 atom stereocenters. The van der Waals surface area contributed by atoms with Crippen molar-refractivity contribution in [3.63, 3.8) is 0 Å². The minimum atomic E-state index is -0.621. The second-order valence-corrected chi connectivity index (χ2v) is 4.88. The first kappa shape index (κ1) is 15.0. The normalized spacial score (nSPS) is 10.3. The Labute approximate surface area is 122 Å². The van der Waals surface area contributed by atoms with Crippen LogP contribution in [0.3, 0.4) is 0 Å². The highest BCUT2D eigenvalue weighted by atomic mass is 19.1. The maximum Gasteiger partial charge on any atom is 0.255 e. The predicted molar refractivity (Wildman–Crippen MR) is 78.1 cm³/mol. The highest BCUT2D eigenvalue weighted by Gasteiger charge is 2.12. The van der Waals surface area contributed by atoms with Crippen LogP contribution >= 0.6 is 0 Å². The molecule has 0 aromatic heterocycles. The summed E-state index contributed by atoms with van der Waals surface area (Å²) in [7, 11) is 3.34. The van der Waals surface area contributed by atoms with E-state index in [1.165, 1.54) is 17.0 Å². The molecule has 21 heavy (non-hydrogen) atoms. The molecule has 110 valence electrons. The van der Waals surface area contributed by atoms with Crippen LogP contribution in [0.25, 0.3) is 0 Å². The van der Waals surface area contributed by atoms with Crippen molar-refractivity contribution in [2.24, 2.45) is 0 Å². The Balaban J connectivity index is 2.18. The third-order valence-corrected chi connectivity index (χ3v) is 2.97. The van der Waals surface area contributed by atoms with Gasteiger partial charge in [0.05, 0.1) is 5.56 Å². The van der Waals surface area contributed by atoms with Crippen molar-refractivity contribution in [1.29, 1.82) is 0 Å². The standard InChI is InChI=1S/C16H16F2N2O/c1-20(2)16(21)14-5-3-4-6-15(14)19-10-11-7-12(17)9-13(18)8-11/h3-9,19H,10H2,1-2H3. The molecule has 0 saturated heterocycles. The monoisotopic (exact) mass is 290 g/mol. The van der Waals surface area contributed by atoms with Gasteiger partial charge in [0.1, 0.15) is 11.6 Å². The number of benzene rings is 2. The summed E-state index contributed by atoms with van der Waals surface area (Å²) >= 11 is 0. The Morgan fingerprint density at radius 2 is 1.71 bits per heavy atom. The predicted octanol–water partition coefficient (Wildman–Crippen LogP) is 3.28. The number of halogens is 2. The lowest BCUT2D eigenvalue weighted by atomic mass is 10.1. The number of hydrogen-bond acceptors (Lipinski definition) is 2. The van der Waals surface area contributed by atoms with E-state index >= 15 is 0 Å². The molecule has 0 heterocycles. The Morgan fingerprint density at radius 1 is 1.10 bits per heavy atom. The van der Waals surface area contributed by atoms with Crippen LogP contribution in [0.4, 0.5) is 14.5 Å². The first-order valence-corrected chi connectivity index (χ1v) is 6.47. The zero-order chi connectivity index (χ0) is 15.4. The fourth-order valence-electron chi connectivity index (χ4n) is 1.97. The number of nitrogens with one attached hydrogen (secondary N) is 1. The first-order valence-electron chi connectivity index (χ1n) is 6.47. The van der Waals surface area contributed by atoms with E-state index in [0.717, 1.165) is 6.07 Å². The molecule has 2 aromatic carbocycles. The summed E-state index contributed by atoms with van der Waals surface area (Å²) in [5, 5.41) is 3.04. The van der Waals surface area contributed by atoms with Crippen molar-refractivity contribution in [3.05, 3.63) is 65.2 Å². The summed E-state index contributed by atoms with van der Waals surface area (Å²) in [6.07, 6.45) is 0. The summed E-state index contributed by atoms with van der Waals surface area (Å²) in [6, 6.07) is 10.4. The molecular weight excluding hydrogens is 274 g/mol. The van der Waals surface area contributed by atoms with E-state index in [9.17, 15) is 13.6 Å². The van der Waals surface area contributed by atoms with Crippen LogP contribution in [0.1, 0.15) is 15.9 Å². The smallest absolute Gasteiger partial charge is 0.255 e. The molecule has 2 aromatic rings. The first-order chi connectivity index (χ1) is 9.97. The number of carbonyl (C=O) groups is 1. The average molecular weight is 290 g/mol. The van der Waals surface area contributed by atoms with E-state index in [1.807, 2.05) is 0 Å². The minimum Gasteiger partial charge on any atom is -0.380 e. The minimum absolute atomic E-state index is 0.136. The number of amides is 1. The third kappa shape index (κ3) is 3.78. The van der Waals surface area contributed by atoms with Gasteiger partial charge in [-0.05, 0) is 29.8 Å². The lowest BCUT2D eigenvalue weighted by Gasteiger charge is -2.15. The summed E-state index contributed by atoms with van der Waals surface area (Å²) in [6.45, 7) is 0.229. The third-order valence-electron chi connectivity index (χ3n) is 2.97. The SMILES string of the molecule is CN(C)C(=O)c1ccccc1NCc1cc(F)cc(F)c1. The highest BCUT2D eigenvalue weighted by Crippen LogP contribution is 2.18. The van der Waals surface area contributed by atoms with Crippen molar-refractivity contribution in [3.8, 4) is 0 Å². The van der Waals surface area contributed by atoms with E-state index in [1.54, 1.807) is 38.4 Å². The fraction of sp³-hybridized carbons (Fsp3) is 0.188. The molecule has 0 saturated carbocycles. The van der Waals surface area contributed by atoms with Gasteiger partial charge >= 0.3 is 0 Å². The molecule has 5 heteroatoms. The average Bonchev–Trinajstić information content (AvgIpc) is 2.43. The molecular formula is C16H16F2N2O. The molecule has 0 aliphatic heterocycles. The van der Waals surface area contributed by atoms with Crippen molar-refractivity contribution >= 4 is 11.6 Å². The molecule has 0 aliphatic rings. The largest absolute Gasteiger partial charge is 0.380 e. The van der Waals surface area contributed by atoms with Gasteiger partial charge in [-0.15, -0.1) is 0 Å². The molecule has 2 rings (SSSR count). The quantitative estimate of drug-likeness (QED) is 0.937. The van der Waals surface area contributed by atoms with Crippen molar-refractivity contribution < 1.29 is 13.6 Å². The Kier molecular flexibility index (Phi) is 4.52. The zero-order valence-corrected chi connectivity index (χ0v) is 11.9. The van der Waals surface area contributed by atoms with E-state index in [4.69, 9.17) is 0 Å². The van der Waals surface area contributed by atoms with E-state index in [0.29, 0.717) is 16.8 Å². The topological polar surface area (TPSA) is 32.3 Å². The van der Waals surface area contributed by atoms with Crippen LogP contribution in [0, 0.1) is 11.6 Å². The van der Waals surface area contributed by atoms with Gasteiger partial charge in [0, 0.05) is 32.4 Å². The molecule has 0 bridgehead atoms. The molecule has 0 fully saturated rings. The molecule has 0 unspecified atom stereocenters. The van der Waals surface area contributed by atoms with Gasteiger partial charge in [0.15, 0.2) is 0 Å². The molecule has 0 spiro atoms. The molecule has 3 nitrogen and oxygen atoms in total. The maximum absolute atomic E-state index is 13.1. The fourth-order valence-corrected chi connectivity index (χ4v) is 1.97. The van der Waals surface area contributed by atoms with Gasteiger partial charge in [-0.25, -0.2) is 8.78 Å². The summed E-state index contributed by atoms with van der Waals surface area (Å²) in [5.41, 5.74) is 1.61. The molecule has 1 N–H and O–H groups in total. The van der Waals surface area contributed by atoms with E-state index in [-0.39, 0.29) is 12.5 Å². The zero-order valence-electron chi connectivity index (χ0n) is 11.9. The van der Waals surface area contributed by atoms with Crippen molar-refractivity contribution in [1.82, 2.24) is 4.90 Å². The van der Waals surface area contributed by atoms with Gasteiger partial charge in [0.25, 0.3) is 5.91 Å². The number of hydrogen-bond donors (Lipinski definition) is 1. The summed E-state index contributed by atoms with van der Waals surface area (Å²) < 4.78 is 26.3. The number of nitrogens with zero attached hydrogens (tertiary/aromatic N) is 1.